The number of rotatable bonds is 2. The second kappa shape index (κ2) is 4.82. The van der Waals surface area contributed by atoms with Crippen LogP contribution in [0.15, 0.2) is 30.3 Å². The second-order valence-electron chi connectivity index (χ2n) is 5.65. The summed E-state index contributed by atoms with van der Waals surface area (Å²) in [6.07, 6.45) is 1.19. The molecule has 2 atom stereocenters. The van der Waals surface area contributed by atoms with Crippen LogP contribution in [0.5, 0.6) is 0 Å². The van der Waals surface area contributed by atoms with Gasteiger partial charge in [0.1, 0.15) is 0 Å². The van der Waals surface area contributed by atoms with Crippen LogP contribution >= 0.6 is 0 Å². The van der Waals surface area contributed by atoms with Gasteiger partial charge in [-0.3, -0.25) is 4.98 Å². The normalized spacial score (nSPS) is 21.0. The van der Waals surface area contributed by atoms with Crippen molar-refractivity contribution in [1.29, 1.82) is 0 Å². The summed E-state index contributed by atoms with van der Waals surface area (Å²) >= 11 is 0. The van der Waals surface area contributed by atoms with Gasteiger partial charge in [-0.1, -0.05) is 18.2 Å². The van der Waals surface area contributed by atoms with Gasteiger partial charge in [-0.2, -0.15) is 0 Å². The van der Waals surface area contributed by atoms with Crippen LogP contribution in [-0.4, -0.2) is 24.1 Å². The monoisotopic (exact) mass is 255 g/mol. The van der Waals surface area contributed by atoms with Crippen molar-refractivity contribution in [3.63, 3.8) is 0 Å². The maximum Gasteiger partial charge on any atom is 0.0726 e. The molecule has 1 aliphatic heterocycles. The van der Waals surface area contributed by atoms with Gasteiger partial charge in [0.2, 0.25) is 0 Å². The number of hydrogen-bond acceptors (Lipinski definition) is 3. The molecule has 1 aromatic carbocycles. The minimum atomic E-state index is 0.277. The van der Waals surface area contributed by atoms with E-state index in [0.717, 1.165) is 24.3 Å². The summed E-state index contributed by atoms with van der Waals surface area (Å²) in [5, 5.41) is 1.25. The van der Waals surface area contributed by atoms with E-state index < -0.39 is 0 Å². The molecule has 0 bridgehead atoms. The molecule has 0 amide bonds. The van der Waals surface area contributed by atoms with Crippen LogP contribution in [-0.2, 0) is 0 Å². The lowest BCUT2D eigenvalue weighted by molar-refractivity contribution is 0.488. The third-order valence-corrected chi connectivity index (χ3v) is 4.13. The number of benzene rings is 1. The second-order valence-corrected chi connectivity index (χ2v) is 5.65. The molecule has 1 saturated heterocycles. The molecule has 1 fully saturated rings. The Kier molecular flexibility index (Phi) is 3.15. The number of aryl methyl sites for hydroxylation is 1. The third kappa shape index (κ3) is 2.30. The molecule has 2 N–H and O–H groups in total. The maximum atomic E-state index is 6.04. The number of fused-ring (bicyclic) bond motifs is 1. The first kappa shape index (κ1) is 12.4. The van der Waals surface area contributed by atoms with E-state index in [1.807, 2.05) is 6.07 Å². The molecule has 2 heterocycles. The van der Waals surface area contributed by atoms with Gasteiger partial charge in [-0.25, -0.2) is 0 Å². The fourth-order valence-corrected chi connectivity index (χ4v) is 2.98. The van der Waals surface area contributed by atoms with Crippen molar-refractivity contribution in [2.45, 2.75) is 26.3 Å². The van der Waals surface area contributed by atoms with E-state index in [0.29, 0.717) is 5.92 Å². The van der Waals surface area contributed by atoms with Crippen LogP contribution in [0, 0.1) is 12.8 Å². The number of pyridine rings is 1. The SMILES string of the molecule is Cc1cc(N2CCC(C(C)N)C2)c2ccccc2n1. The van der Waals surface area contributed by atoms with E-state index in [1.54, 1.807) is 0 Å². The maximum absolute atomic E-state index is 6.04. The largest absolute Gasteiger partial charge is 0.371 e. The van der Waals surface area contributed by atoms with Gasteiger partial charge in [0.05, 0.1) is 5.52 Å². The fourth-order valence-electron chi connectivity index (χ4n) is 2.98. The highest BCUT2D eigenvalue weighted by Crippen LogP contribution is 2.31. The molecular weight excluding hydrogens is 234 g/mol. The highest BCUT2D eigenvalue weighted by Gasteiger charge is 2.26. The third-order valence-electron chi connectivity index (χ3n) is 4.13. The summed E-state index contributed by atoms with van der Waals surface area (Å²) in [6.45, 7) is 6.34. The zero-order chi connectivity index (χ0) is 13.4. The molecule has 19 heavy (non-hydrogen) atoms. The molecule has 0 aliphatic carbocycles. The smallest absolute Gasteiger partial charge is 0.0726 e. The van der Waals surface area contributed by atoms with Crippen molar-refractivity contribution >= 4 is 16.6 Å². The van der Waals surface area contributed by atoms with Gasteiger partial charge in [0.25, 0.3) is 0 Å². The van der Waals surface area contributed by atoms with Gasteiger partial charge >= 0.3 is 0 Å². The number of anilines is 1. The predicted molar refractivity (Wildman–Crippen MR) is 80.4 cm³/mol. The van der Waals surface area contributed by atoms with E-state index in [1.165, 1.54) is 17.5 Å². The molecule has 3 nitrogen and oxygen atoms in total. The van der Waals surface area contributed by atoms with Crippen LogP contribution in [0.2, 0.25) is 0 Å². The molecule has 1 aliphatic rings. The molecule has 0 saturated carbocycles. The summed E-state index contributed by atoms with van der Waals surface area (Å²) in [5.41, 5.74) is 9.52. The molecule has 100 valence electrons. The van der Waals surface area contributed by atoms with E-state index in [2.05, 4.69) is 48.0 Å². The number of hydrogen-bond donors (Lipinski definition) is 1. The highest BCUT2D eigenvalue weighted by atomic mass is 15.2. The van der Waals surface area contributed by atoms with Crippen LogP contribution in [0.3, 0.4) is 0 Å². The molecule has 0 spiro atoms. The Labute approximate surface area is 114 Å². The zero-order valence-corrected chi connectivity index (χ0v) is 11.6. The number of aromatic nitrogens is 1. The topological polar surface area (TPSA) is 42.1 Å². The number of nitrogens with zero attached hydrogens (tertiary/aromatic N) is 2. The van der Waals surface area contributed by atoms with Crippen LogP contribution in [0.4, 0.5) is 5.69 Å². The Morgan fingerprint density at radius 2 is 2.16 bits per heavy atom. The highest BCUT2D eigenvalue weighted by molar-refractivity contribution is 5.92. The first-order chi connectivity index (χ1) is 9.15. The standard InChI is InChI=1S/C16H21N3/c1-11-9-16(14-5-3-4-6-15(14)18-11)19-8-7-13(10-19)12(2)17/h3-6,9,12-13H,7-8,10,17H2,1-2H3. The van der Waals surface area contributed by atoms with Crippen molar-refractivity contribution in [1.82, 2.24) is 4.98 Å². The molecular formula is C16H21N3. The van der Waals surface area contributed by atoms with E-state index in [4.69, 9.17) is 5.73 Å². The molecule has 0 radical (unpaired) electrons. The van der Waals surface area contributed by atoms with Gasteiger partial charge in [0, 0.05) is 35.9 Å². The van der Waals surface area contributed by atoms with Gasteiger partial charge in [-0.15, -0.1) is 0 Å². The van der Waals surface area contributed by atoms with Crippen molar-refractivity contribution in [2.75, 3.05) is 18.0 Å². The van der Waals surface area contributed by atoms with Crippen molar-refractivity contribution in [3.05, 3.63) is 36.0 Å². The number of nitrogens with two attached hydrogens (primary N) is 1. The van der Waals surface area contributed by atoms with E-state index in [-0.39, 0.29) is 6.04 Å². The van der Waals surface area contributed by atoms with E-state index in [9.17, 15) is 0 Å². The molecule has 3 rings (SSSR count). The molecule has 2 aromatic rings. The zero-order valence-electron chi connectivity index (χ0n) is 11.6. The van der Waals surface area contributed by atoms with Crippen molar-refractivity contribution in [2.24, 2.45) is 11.7 Å². The Balaban J connectivity index is 2.01. The summed E-state index contributed by atoms with van der Waals surface area (Å²) in [6, 6.07) is 10.9. The Morgan fingerprint density at radius 1 is 1.37 bits per heavy atom. The summed E-state index contributed by atoms with van der Waals surface area (Å²) in [4.78, 5) is 7.07. The summed E-state index contributed by atoms with van der Waals surface area (Å²) in [5.74, 6) is 0.604. The Hall–Kier alpha value is -1.61. The lowest BCUT2D eigenvalue weighted by atomic mass is 10.0. The van der Waals surface area contributed by atoms with E-state index >= 15 is 0 Å². The Bertz CT molecular complexity index is 592. The molecule has 3 heteroatoms. The van der Waals surface area contributed by atoms with Gasteiger partial charge in [0.15, 0.2) is 0 Å². The quantitative estimate of drug-likeness (QED) is 0.897. The van der Waals surface area contributed by atoms with Crippen molar-refractivity contribution in [3.8, 4) is 0 Å². The van der Waals surface area contributed by atoms with Crippen LogP contribution < -0.4 is 10.6 Å². The van der Waals surface area contributed by atoms with Crippen LogP contribution in [0.1, 0.15) is 19.0 Å². The molecule has 1 aromatic heterocycles. The lowest BCUT2D eigenvalue weighted by Gasteiger charge is -2.22. The first-order valence-electron chi connectivity index (χ1n) is 7.02. The minimum Gasteiger partial charge on any atom is -0.371 e. The number of para-hydroxylation sites is 1. The fraction of sp³-hybridized carbons (Fsp3) is 0.438. The average molecular weight is 255 g/mol. The average Bonchev–Trinajstić information content (AvgIpc) is 2.87. The summed E-state index contributed by atoms with van der Waals surface area (Å²) in [7, 11) is 0. The first-order valence-corrected chi connectivity index (χ1v) is 7.02. The van der Waals surface area contributed by atoms with Gasteiger partial charge in [-0.05, 0) is 38.3 Å². The lowest BCUT2D eigenvalue weighted by Crippen LogP contribution is -2.29. The summed E-state index contributed by atoms with van der Waals surface area (Å²) < 4.78 is 0. The minimum absolute atomic E-state index is 0.277. The molecule has 2 unspecified atom stereocenters. The predicted octanol–water partition coefficient (Wildman–Crippen LogP) is 2.72. The van der Waals surface area contributed by atoms with Gasteiger partial charge < -0.3 is 10.6 Å². The van der Waals surface area contributed by atoms with Crippen molar-refractivity contribution < 1.29 is 0 Å². The Morgan fingerprint density at radius 3 is 2.89 bits per heavy atom. The van der Waals surface area contributed by atoms with Crippen LogP contribution in [0.25, 0.3) is 10.9 Å².